The maximum atomic E-state index is 14.0. The summed E-state index contributed by atoms with van der Waals surface area (Å²) in [7, 11) is 1.59. The summed E-state index contributed by atoms with van der Waals surface area (Å²) in [6.45, 7) is 4.04. The molecule has 170 valence electrons. The van der Waals surface area contributed by atoms with E-state index in [-0.39, 0.29) is 24.7 Å². The van der Waals surface area contributed by atoms with Gasteiger partial charge in [-0.2, -0.15) is 5.10 Å². The fourth-order valence-corrected chi connectivity index (χ4v) is 3.42. The van der Waals surface area contributed by atoms with Gasteiger partial charge in [0.25, 0.3) is 5.91 Å². The summed E-state index contributed by atoms with van der Waals surface area (Å²) in [5.74, 6) is 1.28. The van der Waals surface area contributed by atoms with Gasteiger partial charge < -0.3 is 19.2 Å². The fourth-order valence-electron chi connectivity index (χ4n) is 3.42. The Hall–Kier alpha value is -4.07. The lowest BCUT2D eigenvalue weighted by molar-refractivity contribution is 0.0992. The Kier molecular flexibility index (Phi) is 6.44. The van der Waals surface area contributed by atoms with Crippen molar-refractivity contribution < 1.29 is 23.1 Å². The van der Waals surface area contributed by atoms with Crippen LogP contribution in [-0.4, -0.2) is 22.8 Å². The number of aryl methyl sites for hydroxylation is 1. The third-order valence-corrected chi connectivity index (χ3v) is 5.21. The predicted octanol–water partition coefficient (Wildman–Crippen LogP) is 5.12. The van der Waals surface area contributed by atoms with Crippen LogP contribution in [0.2, 0.25) is 0 Å². The zero-order chi connectivity index (χ0) is 23.4. The molecule has 33 heavy (non-hydrogen) atoms. The Bertz CT molecular complexity index is 1280. The second-order valence-electron chi connectivity index (χ2n) is 7.48. The SMILES string of the molecule is COc1cccc(OCc2ccc(C(=O)Nc3c(C)nn(Cc4ccccc4F)c3C)o2)c1. The van der Waals surface area contributed by atoms with Crippen LogP contribution in [0.15, 0.2) is 65.1 Å². The minimum absolute atomic E-state index is 0.153. The van der Waals surface area contributed by atoms with Gasteiger partial charge in [0.05, 0.1) is 30.7 Å². The number of ether oxygens (including phenoxy) is 2. The molecule has 2 heterocycles. The third-order valence-electron chi connectivity index (χ3n) is 5.21. The summed E-state index contributed by atoms with van der Waals surface area (Å²) in [5, 5.41) is 7.30. The molecule has 0 atom stereocenters. The number of nitrogens with zero attached hydrogens (tertiary/aromatic N) is 2. The number of furan rings is 1. The second kappa shape index (κ2) is 9.60. The van der Waals surface area contributed by atoms with Crippen molar-refractivity contribution in [2.45, 2.75) is 27.0 Å². The Morgan fingerprint density at radius 3 is 2.67 bits per heavy atom. The highest BCUT2D eigenvalue weighted by Crippen LogP contribution is 2.23. The number of carbonyl (C=O) groups excluding carboxylic acids is 1. The van der Waals surface area contributed by atoms with Crippen LogP contribution in [0.4, 0.5) is 10.1 Å². The summed E-state index contributed by atoms with van der Waals surface area (Å²) in [6.07, 6.45) is 0. The van der Waals surface area contributed by atoms with Crippen LogP contribution < -0.4 is 14.8 Å². The van der Waals surface area contributed by atoms with E-state index in [9.17, 15) is 9.18 Å². The lowest BCUT2D eigenvalue weighted by Gasteiger charge is -2.07. The molecular formula is C25H24FN3O4. The Balaban J connectivity index is 1.42. The number of anilines is 1. The van der Waals surface area contributed by atoms with Crippen LogP contribution in [0, 0.1) is 19.7 Å². The first kappa shape index (κ1) is 22.1. The van der Waals surface area contributed by atoms with E-state index < -0.39 is 5.91 Å². The van der Waals surface area contributed by atoms with Crippen LogP contribution in [0.5, 0.6) is 11.5 Å². The first-order valence-electron chi connectivity index (χ1n) is 10.4. The average molecular weight is 449 g/mol. The quantitative estimate of drug-likeness (QED) is 0.404. The Labute approximate surface area is 190 Å². The monoisotopic (exact) mass is 449 g/mol. The lowest BCUT2D eigenvalue weighted by atomic mass is 10.2. The zero-order valence-corrected chi connectivity index (χ0v) is 18.6. The van der Waals surface area contributed by atoms with Gasteiger partial charge in [-0.1, -0.05) is 24.3 Å². The zero-order valence-electron chi connectivity index (χ0n) is 18.6. The van der Waals surface area contributed by atoms with Gasteiger partial charge in [-0.05, 0) is 44.2 Å². The first-order chi connectivity index (χ1) is 15.9. The van der Waals surface area contributed by atoms with Crippen molar-refractivity contribution in [3.63, 3.8) is 0 Å². The molecule has 0 aliphatic heterocycles. The van der Waals surface area contributed by atoms with Crippen LogP contribution in [0.25, 0.3) is 0 Å². The van der Waals surface area contributed by atoms with Gasteiger partial charge in [0, 0.05) is 11.6 Å². The molecule has 0 unspecified atom stereocenters. The molecule has 0 bridgehead atoms. The molecule has 2 aromatic carbocycles. The molecule has 0 saturated carbocycles. The Morgan fingerprint density at radius 1 is 1.09 bits per heavy atom. The van der Waals surface area contributed by atoms with Crippen LogP contribution in [0.1, 0.15) is 33.3 Å². The highest BCUT2D eigenvalue weighted by molar-refractivity contribution is 6.02. The van der Waals surface area contributed by atoms with Gasteiger partial charge in [-0.25, -0.2) is 4.39 Å². The number of halogens is 1. The van der Waals surface area contributed by atoms with E-state index in [4.69, 9.17) is 13.9 Å². The molecular weight excluding hydrogens is 425 g/mol. The molecule has 0 saturated heterocycles. The number of carbonyl (C=O) groups is 1. The van der Waals surface area contributed by atoms with Crippen LogP contribution in [-0.2, 0) is 13.2 Å². The van der Waals surface area contributed by atoms with E-state index in [1.165, 1.54) is 6.07 Å². The van der Waals surface area contributed by atoms with Gasteiger partial charge in [0.15, 0.2) is 5.76 Å². The molecule has 1 amide bonds. The molecule has 0 aliphatic rings. The van der Waals surface area contributed by atoms with Crippen molar-refractivity contribution >= 4 is 11.6 Å². The van der Waals surface area contributed by atoms with E-state index in [0.717, 1.165) is 5.69 Å². The maximum Gasteiger partial charge on any atom is 0.291 e. The van der Waals surface area contributed by atoms with Gasteiger partial charge in [-0.3, -0.25) is 9.48 Å². The number of rotatable bonds is 8. The van der Waals surface area contributed by atoms with Crippen LogP contribution in [0.3, 0.4) is 0 Å². The summed E-state index contributed by atoms with van der Waals surface area (Å²) in [5.41, 5.74) is 2.44. The van der Waals surface area contributed by atoms with E-state index in [2.05, 4.69) is 10.4 Å². The van der Waals surface area contributed by atoms with Crippen molar-refractivity contribution in [2.75, 3.05) is 12.4 Å². The molecule has 4 aromatic rings. The van der Waals surface area contributed by atoms with Gasteiger partial charge in [0.2, 0.25) is 0 Å². The standard InChI is InChI=1S/C25H24FN3O4/c1-16-24(17(2)29(28-16)14-18-7-4-5-10-22(18)26)27-25(30)23-12-11-21(33-23)15-32-20-9-6-8-19(13-20)31-3/h4-13H,14-15H2,1-3H3,(H,27,30). The highest BCUT2D eigenvalue weighted by Gasteiger charge is 2.18. The van der Waals surface area contributed by atoms with Crippen molar-refractivity contribution in [3.05, 3.63) is 95.0 Å². The van der Waals surface area contributed by atoms with Gasteiger partial charge in [0.1, 0.15) is 29.7 Å². The number of nitrogens with one attached hydrogen (secondary N) is 1. The minimum Gasteiger partial charge on any atom is -0.497 e. The third kappa shape index (κ3) is 5.06. The molecule has 7 nitrogen and oxygen atoms in total. The second-order valence-corrected chi connectivity index (χ2v) is 7.48. The van der Waals surface area contributed by atoms with Crippen LogP contribution >= 0.6 is 0 Å². The smallest absolute Gasteiger partial charge is 0.291 e. The normalized spacial score (nSPS) is 10.8. The average Bonchev–Trinajstić information content (AvgIpc) is 3.40. The van der Waals surface area contributed by atoms with E-state index >= 15 is 0 Å². The molecule has 0 fully saturated rings. The first-order valence-corrected chi connectivity index (χ1v) is 10.4. The molecule has 0 radical (unpaired) electrons. The van der Waals surface area contributed by atoms with Crippen molar-refractivity contribution in [1.82, 2.24) is 9.78 Å². The summed E-state index contributed by atoms with van der Waals surface area (Å²) < 4.78 is 32.2. The number of benzene rings is 2. The number of aromatic nitrogens is 2. The lowest BCUT2D eigenvalue weighted by Crippen LogP contribution is -2.12. The van der Waals surface area contributed by atoms with Crippen molar-refractivity contribution in [1.29, 1.82) is 0 Å². The molecule has 8 heteroatoms. The summed E-state index contributed by atoms with van der Waals surface area (Å²) in [4.78, 5) is 12.8. The molecule has 1 N–H and O–H groups in total. The van der Waals surface area contributed by atoms with Crippen molar-refractivity contribution in [3.8, 4) is 11.5 Å². The maximum absolute atomic E-state index is 14.0. The van der Waals surface area contributed by atoms with E-state index in [0.29, 0.717) is 34.2 Å². The number of amides is 1. The number of hydrogen-bond donors (Lipinski definition) is 1. The van der Waals surface area contributed by atoms with Gasteiger partial charge >= 0.3 is 0 Å². The molecule has 2 aromatic heterocycles. The fraction of sp³-hybridized carbons (Fsp3) is 0.200. The number of hydrogen-bond acceptors (Lipinski definition) is 5. The molecule has 0 aliphatic carbocycles. The predicted molar refractivity (Wildman–Crippen MR) is 121 cm³/mol. The highest BCUT2D eigenvalue weighted by atomic mass is 19.1. The summed E-state index contributed by atoms with van der Waals surface area (Å²) >= 11 is 0. The van der Waals surface area contributed by atoms with E-state index in [1.54, 1.807) is 55.1 Å². The topological polar surface area (TPSA) is 78.5 Å². The Morgan fingerprint density at radius 2 is 1.88 bits per heavy atom. The summed E-state index contributed by atoms with van der Waals surface area (Å²) in [6, 6.07) is 17.1. The molecule has 4 rings (SSSR count). The number of methoxy groups -OCH3 is 1. The van der Waals surface area contributed by atoms with E-state index in [1.807, 2.05) is 25.1 Å². The van der Waals surface area contributed by atoms with Crippen molar-refractivity contribution in [2.24, 2.45) is 0 Å². The van der Waals surface area contributed by atoms with Gasteiger partial charge in [-0.15, -0.1) is 0 Å². The molecule has 0 spiro atoms. The minimum atomic E-state index is -0.403. The largest absolute Gasteiger partial charge is 0.497 e.